The molecule has 208 valence electrons. The number of amides is 1. The van der Waals surface area contributed by atoms with E-state index in [1.807, 2.05) is 125 Å². The fourth-order valence-corrected chi connectivity index (χ4v) is 6.33. The first-order valence-corrected chi connectivity index (χ1v) is 15.2. The van der Waals surface area contributed by atoms with Crippen LogP contribution >= 0.6 is 23.1 Å². The Labute approximate surface area is 252 Å². The van der Waals surface area contributed by atoms with Crippen LogP contribution in [0, 0.1) is 0 Å². The smallest absolute Gasteiger partial charge is 0.271 e. The van der Waals surface area contributed by atoms with E-state index >= 15 is 0 Å². The molecule has 0 aliphatic rings. The molecule has 7 nitrogen and oxygen atoms in total. The van der Waals surface area contributed by atoms with Crippen LogP contribution in [0.2, 0.25) is 0 Å². The fourth-order valence-electron chi connectivity index (χ4n) is 4.59. The van der Waals surface area contributed by atoms with E-state index in [-0.39, 0.29) is 11.9 Å². The maximum Gasteiger partial charge on any atom is 0.271 e. The molecule has 0 saturated heterocycles. The van der Waals surface area contributed by atoms with Gasteiger partial charge in [-0.05, 0) is 35.4 Å². The molecule has 1 N–H and O–H groups in total. The van der Waals surface area contributed by atoms with E-state index in [0.29, 0.717) is 11.4 Å². The van der Waals surface area contributed by atoms with Gasteiger partial charge in [0.1, 0.15) is 16.5 Å². The van der Waals surface area contributed by atoms with Gasteiger partial charge in [0.15, 0.2) is 11.0 Å². The molecular formula is C33H27N5O2S2. The molecule has 0 unspecified atom stereocenters. The van der Waals surface area contributed by atoms with Gasteiger partial charge in [0.05, 0.1) is 18.9 Å². The van der Waals surface area contributed by atoms with E-state index in [9.17, 15) is 4.79 Å². The molecule has 0 atom stereocenters. The van der Waals surface area contributed by atoms with Crippen molar-refractivity contribution >= 4 is 29.0 Å². The minimum absolute atomic E-state index is 0.215. The van der Waals surface area contributed by atoms with Gasteiger partial charge in [-0.2, -0.15) is 0 Å². The summed E-state index contributed by atoms with van der Waals surface area (Å²) in [5.41, 5.74) is 4.27. The number of hydrogen-bond donors (Lipinski definition) is 1. The van der Waals surface area contributed by atoms with E-state index in [4.69, 9.17) is 4.74 Å². The van der Waals surface area contributed by atoms with Crippen LogP contribution in [0.15, 0.2) is 126 Å². The third-order valence-electron chi connectivity index (χ3n) is 6.63. The van der Waals surface area contributed by atoms with Gasteiger partial charge < -0.3 is 10.1 Å². The zero-order chi connectivity index (χ0) is 28.7. The van der Waals surface area contributed by atoms with Gasteiger partial charge in [0, 0.05) is 16.6 Å². The van der Waals surface area contributed by atoms with E-state index in [0.717, 1.165) is 44.1 Å². The summed E-state index contributed by atoms with van der Waals surface area (Å²) < 4.78 is 7.46. The van der Waals surface area contributed by atoms with Crippen LogP contribution in [0.4, 0.5) is 0 Å². The third kappa shape index (κ3) is 6.12. The monoisotopic (exact) mass is 589 g/mol. The predicted octanol–water partition coefficient (Wildman–Crippen LogP) is 7.21. The van der Waals surface area contributed by atoms with Crippen LogP contribution in [0.5, 0.6) is 5.75 Å². The molecule has 0 aliphatic heterocycles. The van der Waals surface area contributed by atoms with Gasteiger partial charge in [0.2, 0.25) is 0 Å². The number of rotatable bonds is 10. The number of benzene rings is 4. The highest BCUT2D eigenvalue weighted by Crippen LogP contribution is 2.32. The number of nitrogens with one attached hydrogen (secondary N) is 1. The zero-order valence-corrected chi connectivity index (χ0v) is 24.4. The summed E-state index contributed by atoms with van der Waals surface area (Å²) in [6.45, 7) is 0. The van der Waals surface area contributed by atoms with Crippen LogP contribution in [0.25, 0.3) is 17.1 Å². The van der Waals surface area contributed by atoms with Crippen molar-refractivity contribution in [3.05, 3.63) is 142 Å². The lowest BCUT2D eigenvalue weighted by Gasteiger charge is -2.19. The molecule has 0 bridgehead atoms. The summed E-state index contributed by atoms with van der Waals surface area (Å²) in [6, 6.07) is 37.4. The number of carbonyl (C=O) groups is 1. The normalized spacial score (nSPS) is 11.0. The van der Waals surface area contributed by atoms with Crippen molar-refractivity contribution in [1.82, 2.24) is 25.1 Å². The van der Waals surface area contributed by atoms with Crippen molar-refractivity contribution in [3.8, 4) is 22.8 Å². The average molecular weight is 590 g/mol. The van der Waals surface area contributed by atoms with Crippen LogP contribution in [0.3, 0.4) is 0 Å². The Kier molecular flexibility index (Phi) is 8.39. The van der Waals surface area contributed by atoms with Crippen molar-refractivity contribution in [2.75, 3.05) is 7.11 Å². The summed E-state index contributed by atoms with van der Waals surface area (Å²) in [6.07, 6.45) is 0. The zero-order valence-electron chi connectivity index (χ0n) is 22.8. The van der Waals surface area contributed by atoms with Gasteiger partial charge in [0.25, 0.3) is 5.91 Å². The molecule has 42 heavy (non-hydrogen) atoms. The molecular weight excluding hydrogens is 563 g/mol. The number of ether oxygens (including phenoxy) is 1. The maximum atomic E-state index is 13.3. The maximum absolute atomic E-state index is 13.3. The van der Waals surface area contributed by atoms with Crippen molar-refractivity contribution in [1.29, 1.82) is 0 Å². The lowest BCUT2D eigenvalue weighted by Crippen LogP contribution is -2.29. The Morgan fingerprint density at radius 1 is 0.881 bits per heavy atom. The van der Waals surface area contributed by atoms with E-state index in [1.54, 1.807) is 7.11 Å². The van der Waals surface area contributed by atoms with E-state index in [1.165, 1.54) is 23.1 Å². The van der Waals surface area contributed by atoms with Gasteiger partial charge >= 0.3 is 0 Å². The topological polar surface area (TPSA) is 81.9 Å². The van der Waals surface area contributed by atoms with Gasteiger partial charge in [-0.3, -0.25) is 9.36 Å². The SMILES string of the molecule is COc1cccc(-c2nnc(SCc3nc(C(=O)NC(c4ccccc4)c4ccccc4)cs3)n2-c2ccccc2)c1. The number of nitrogens with zero attached hydrogens (tertiary/aromatic N) is 4. The van der Waals surface area contributed by atoms with E-state index < -0.39 is 0 Å². The van der Waals surface area contributed by atoms with Crippen molar-refractivity contribution in [2.45, 2.75) is 17.0 Å². The summed E-state index contributed by atoms with van der Waals surface area (Å²) >= 11 is 2.99. The number of para-hydroxylation sites is 1. The summed E-state index contributed by atoms with van der Waals surface area (Å²) in [4.78, 5) is 18.0. The molecule has 6 rings (SSSR count). The standard InChI is InChI=1S/C33H27N5O2S2/c1-40-27-19-11-16-25(20-27)31-36-37-33(38(31)26-17-9-4-10-18-26)42-22-29-34-28(21-41-29)32(39)35-30(23-12-5-2-6-13-23)24-14-7-3-8-15-24/h2-21,30H,22H2,1H3,(H,35,39). The Hall–Kier alpha value is -4.73. The molecule has 6 aromatic rings. The quantitative estimate of drug-likeness (QED) is 0.170. The number of thioether (sulfide) groups is 1. The van der Waals surface area contributed by atoms with Gasteiger partial charge in [-0.15, -0.1) is 21.5 Å². The number of thiazole rings is 1. The number of carbonyl (C=O) groups excluding carboxylic acids is 1. The second-order valence-corrected chi connectivity index (χ2v) is 11.2. The van der Waals surface area contributed by atoms with Crippen molar-refractivity contribution in [2.24, 2.45) is 0 Å². The van der Waals surface area contributed by atoms with Crippen LogP contribution in [0.1, 0.15) is 32.7 Å². The average Bonchev–Trinajstić information content (AvgIpc) is 3.71. The summed E-state index contributed by atoms with van der Waals surface area (Å²) in [5, 5.41) is 15.6. The lowest BCUT2D eigenvalue weighted by atomic mass is 9.98. The third-order valence-corrected chi connectivity index (χ3v) is 8.60. The van der Waals surface area contributed by atoms with Crippen LogP contribution < -0.4 is 10.1 Å². The van der Waals surface area contributed by atoms with Crippen LogP contribution in [-0.2, 0) is 5.75 Å². The van der Waals surface area contributed by atoms with Gasteiger partial charge in [-0.1, -0.05) is 103 Å². The predicted molar refractivity (Wildman–Crippen MR) is 167 cm³/mol. The molecule has 4 aromatic carbocycles. The van der Waals surface area contributed by atoms with Crippen LogP contribution in [-0.4, -0.2) is 32.8 Å². The molecule has 2 aromatic heterocycles. The minimum Gasteiger partial charge on any atom is -0.497 e. The number of aromatic nitrogens is 4. The molecule has 0 fully saturated rings. The van der Waals surface area contributed by atoms with Crippen molar-refractivity contribution in [3.63, 3.8) is 0 Å². The molecule has 0 spiro atoms. The Morgan fingerprint density at radius 2 is 1.55 bits per heavy atom. The first kappa shape index (κ1) is 27.4. The summed E-state index contributed by atoms with van der Waals surface area (Å²) in [7, 11) is 1.65. The van der Waals surface area contributed by atoms with E-state index in [2.05, 4.69) is 20.5 Å². The lowest BCUT2D eigenvalue weighted by molar-refractivity contribution is 0.0938. The first-order valence-electron chi connectivity index (χ1n) is 13.3. The number of methoxy groups -OCH3 is 1. The first-order chi connectivity index (χ1) is 20.7. The Balaban J connectivity index is 1.21. The highest BCUT2D eigenvalue weighted by Gasteiger charge is 2.21. The highest BCUT2D eigenvalue weighted by atomic mass is 32.2. The second-order valence-electron chi connectivity index (χ2n) is 9.35. The largest absolute Gasteiger partial charge is 0.497 e. The molecule has 9 heteroatoms. The molecule has 0 radical (unpaired) electrons. The second kappa shape index (κ2) is 12.8. The van der Waals surface area contributed by atoms with Gasteiger partial charge in [-0.25, -0.2) is 4.98 Å². The molecule has 2 heterocycles. The fraction of sp³-hybridized carbons (Fsp3) is 0.0909. The van der Waals surface area contributed by atoms with Crippen molar-refractivity contribution < 1.29 is 9.53 Å². The number of hydrogen-bond acceptors (Lipinski definition) is 7. The summed E-state index contributed by atoms with van der Waals surface area (Å²) in [5.74, 6) is 1.80. The Morgan fingerprint density at radius 3 is 2.21 bits per heavy atom. The Bertz CT molecular complexity index is 1730. The molecule has 1 amide bonds. The molecule has 0 aliphatic carbocycles. The highest BCUT2D eigenvalue weighted by molar-refractivity contribution is 7.98. The minimum atomic E-state index is -0.279. The molecule has 0 saturated carbocycles.